The van der Waals surface area contributed by atoms with Gasteiger partial charge in [0.15, 0.2) is 0 Å². The van der Waals surface area contributed by atoms with E-state index in [9.17, 15) is 22.4 Å². The number of amides is 2. The van der Waals surface area contributed by atoms with Gasteiger partial charge in [0.25, 0.3) is 15.9 Å². The van der Waals surface area contributed by atoms with E-state index in [1.807, 2.05) is 0 Å². The molecule has 10 heteroatoms. The SMILES string of the molecule is CCOc1cc(NC(=O)[C@@H](NC(C)=O)c2ccccc2)ccc1S(=O)(=O)Nc1cccc(C(C)C(C)(C)F)c1. The number of rotatable bonds is 11. The molecule has 0 aliphatic carbocycles. The molecular formula is C29H34FN3O5S. The van der Waals surface area contributed by atoms with Crippen molar-refractivity contribution in [2.24, 2.45) is 0 Å². The first kappa shape index (κ1) is 29.6. The number of carbonyl (C=O) groups excluding carboxylic acids is 2. The van der Waals surface area contributed by atoms with Crippen LogP contribution in [-0.2, 0) is 19.6 Å². The molecule has 8 nitrogen and oxygen atoms in total. The zero-order valence-corrected chi connectivity index (χ0v) is 23.4. The second-order valence-electron chi connectivity index (χ2n) is 9.65. The van der Waals surface area contributed by atoms with Gasteiger partial charge >= 0.3 is 0 Å². The summed E-state index contributed by atoms with van der Waals surface area (Å²) in [5.41, 5.74) is 0.322. The van der Waals surface area contributed by atoms with Crippen LogP contribution >= 0.6 is 0 Å². The lowest BCUT2D eigenvalue weighted by Gasteiger charge is -2.24. The van der Waals surface area contributed by atoms with E-state index in [4.69, 9.17) is 4.74 Å². The fourth-order valence-corrected chi connectivity index (χ4v) is 5.09. The molecule has 3 aromatic rings. The van der Waals surface area contributed by atoms with Crippen LogP contribution in [0.5, 0.6) is 5.75 Å². The largest absolute Gasteiger partial charge is 0.492 e. The monoisotopic (exact) mass is 555 g/mol. The molecular weight excluding hydrogens is 521 g/mol. The first-order chi connectivity index (χ1) is 18.3. The van der Waals surface area contributed by atoms with Crippen LogP contribution in [0.4, 0.5) is 15.8 Å². The second-order valence-corrected chi connectivity index (χ2v) is 11.3. The Kier molecular flexibility index (Phi) is 9.34. The van der Waals surface area contributed by atoms with Gasteiger partial charge in [0, 0.05) is 30.3 Å². The summed E-state index contributed by atoms with van der Waals surface area (Å²) < 4.78 is 49.3. The summed E-state index contributed by atoms with van der Waals surface area (Å²) in [7, 11) is -4.10. The molecule has 3 rings (SSSR count). The van der Waals surface area contributed by atoms with E-state index in [1.165, 1.54) is 39.0 Å². The number of nitrogens with one attached hydrogen (secondary N) is 3. The first-order valence-corrected chi connectivity index (χ1v) is 14.0. The number of hydrogen-bond acceptors (Lipinski definition) is 5. The number of halogens is 1. The minimum atomic E-state index is -4.10. The van der Waals surface area contributed by atoms with Crippen molar-refractivity contribution in [3.8, 4) is 5.75 Å². The van der Waals surface area contributed by atoms with Gasteiger partial charge in [-0.25, -0.2) is 12.8 Å². The Morgan fingerprint density at radius 1 is 0.949 bits per heavy atom. The molecule has 0 bridgehead atoms. The molecule has 208 valence electrons. The zero-order chi connectivity index (χ0) is 28.8. The highest BCUT2D eigenvalue weighted by molar-refractivity contribution is 7.92. The van der Waals surface area contributed by atoms with Gasteiger partial charge in [0.1, 0.15) is 22.4 Å². The predicted molar refractivity (Wildman–Crippen MR) is 150 cm³/mol. The van der Waals surface area contributed by atoms with Crippen LogP contribution < -0.4 is 20.1 Å². The minimum absolute atomic E-state index is 0.0352. The number of anilines is 2. The third kappa shape index (κ3) is 7.79. The van der Waals surface area contributed by atoms with Gasteiger partial charge in [-0.05, 0) is 56.2 Å². The molecule has 0 aliphatic heterocycles. The molecule has 0 aromatic heterocycles. The van der Waals surface area contributed by atoms with Crippen molar-refractivity contribution < 1.29 is 27.1 Å². The van der Waals surface area contributed by atoms with Gasteiger partial charge in [-0.15, -0.1) is 0 Å². The van der Waals surface area contributed by atoms with Crippen LogP contribution in [0, 0.1) is 0 Å². The fourth-order valence-electron chi connectivity index (χ4n) is 3.92. The summed E-state index contributed by atoms with van der Waals surface area (Å²) in [6.07, 6.45) is 0. The van der Waals surface area contributed by atoms with Crippen molar-refractivity contribution in [1.29, 1.82) is 0 Å². The fraction of sp³-hybridized carbons (Fsp3) is 0.310. The normalized spacial score (nSPS) is 13.2. The smallest absolute Gasteiger partial charge is 0.265 e. The van der Waals surface area contributed by atoms with E-state index in [0.717, 1.165) is 0 Å². The minimum Gasteiger partial charge on any atom is -0.492 e. The van der Waals surface area contributed by atoms with Crippen molar-refractivity contribution in [1.82, 2.24) is 5.32 Å². The number of alkyl halides is 1. The van der Waals surface area contributed by atoms with E-state index in [1.54, 1.807) is 68.4 Å². The van der Waals surface area contributed by atoms with Crippen molar-refractivity contribution in [2.75, 3.05) is 16.6 Å². The molecule has 0 radical (unpaired) electrons. The van der Waals surface area contributed by atoms with Gasteiger partial charge in [0.2, 0.25) is 5.91 Å². The maximum atomic E-state index is 14.5. The highest BCUT2D eigenvalue weighted by Crippen LogP contribution is 2.33. The molecule has 3 N–H and O–H groups in total. The molecule has 3 aromatic carbocycles. The van der Waals surface area contributed by atoms with E-state index in [2.05, 4.69) is 15.4 Å². The zero-order valence-electron chi connectivity index (χ0n) is 22.6. The van der Waals surface area contributed by atoms with Gasteiger partial charge in [0.05, 0.1) is 6.61 Å². The first-order valence-electron chi connectivity index (χ1n) is 12.5. The molecule has 0 fully saturated rings. The topological polar surface area (TPSA) is 114 Å². The van der Waals surface area contributed by atoms with Crippen molar-refractivity contribution in [3.63, 3.8) is 0 Å². The van der Waals surface area contributed by atoms with Crippen LogP contribution in [0.1, 0.15) is 57.7 Å². The summed E-state index contributed by atoms with van der Waals surface area (Å²) in [5.74, 6) is -1.31. The Morgan fingerprint density at radius 3 is 2.23 bits per heavy atom. The lowest BCUT2D eigenvalue weighted by molar-refractivity contribution is -0.125. The summed E-state index contributed by atoms with van der Waals surface area (Å²) in [6.45, 7) is 7.89. The highest BCUT2D eigenvalue weighted by atomic mass is 32.2. The van der Waals surface area contributed by atoms with Crippen LogP contribution in [0.3, 0.4) is 0 Å². The molecule has 0 aliphatic rings. The Labute approximate surface area is 229 Å². The summed E-state index contributed by atoms with van der Waals surface area (Å²) in [5, 5.41) is 5.35. The number of carbonyl (C=O) groups is 2. The molecule has 0 saturated carbocycles. The summed E-state index contributed by atoms with van der Waals surface area (Å²) in [4.78, 5) is 24.7. The van der Waals surface area contributed by atoms with Gasteiger partial charge < -0.3 is 15.4 Å². The third-order valence-corrected chi connectivity index (χ3v) is 7.63. The molecule has 0 spiro atoms. The van der Waals surface area contributed by atoms with E-state index in [-0.39, 0.29) is 34.5 Å². The van der Waals surface area contributed by atoms with Gasteiger partial charge in [-0.3, -0.25) is 14.3 Å². The van der Waals surface area contributed by atoms with Crippen molar-refractivity contribution >= 4 is 33.2 Å². The van der Waals surface area contributed by atoms with Crippen LogP contribution in [0.25, 0.3) is 0 Å². The maximum Gasteiger partial charge on any atom is 0.265 e. The number of hydrogen-bond donors (Lipinski definition) is 3. The molecule has 0 heterocycles. The molecule has 2 atom stereocenters. The Hall–Kier alpha value is -3.92. The molecule has 39 heavy (non-hydrogen) atoms. The average Bonchev–Trinajstić information content (AvgIpc) is 2.86. The maximum absolute atomic E-state index is 14.5. The molecule has 0 saturated heterocycles. The molecule has 2 amide bonds. The summed E-state index contributed by atoms with van der Waals surface area (Å²) >= 11 is 0. The van der Waals surface area contributed by atoms with Crippen molar-refractivity contribution in [2.45, 2.75) is 57.1 Å². The van der Waals surface area contributed by atoms with Crippen molar-refractivity contribution in [3.05, 3.63) is 83.9 Å². The predicted octanol–water partition coefficient (Wildman–Crippen LogP) is 5.55. The van der Waals surface area contributed by atoms with Gasteiger partial charge in [-0.1, -0.05) is 49.4 Å². The van der Waals surface area contributed by atoms with E-state index < -0.39 is 33.6 Å². The average molecular weight is 556 g/mol. The number of sulfonamides is 1. The second kappa shape index (κ2) is 12.3. The van der Waals surface area contributed by atoms with Crippen LogP contribution in [-0.4, -0.2) is 32.5 Å². The number of ether oxygens (including phenoxy) is 1. The van der Waals surface area contributed by atoms with Crippen LogP contribution in [0.15, 0.2) is 77.7 Å². The Balaban J connectivity index is 1.88. The Morgan fingerprint density at radius 2 is 1.62 bits per heavy atom. The van der Waals surface area contributed by atoms with E-state index >= 15 is 0 Å². The summed E-state index contributed by atoms with van der Waals surface area (Å²) in [6, 6.07) is 18.6. The Bertz CT molecular complexity index is 1420. The standard InChI is InChI=1S/C29H34FN3O5S/c1-6-38-25-18-23(32-28(35)27(31-20(3)34)21-11-8-7-9-12-21)15-16-26(25)39(36,37)33-24-14-10-13-22(17-24)19(2)29(4,5)30/h7-19,27,33H,6H2,1-5H3,(H,31,34)(H,32,35)/t19?,27-/m0/s1. The molecule has 1 unspecified atom stereocenters. The van der Waals surface area contributed by atoms with Crippen LogP contribution in [0.2, 0.25) is 0 Å². The third-order valence-electron chi connectivity index (χ3n) is 6.21. The lowest BCUT2D eigenvalue weighted by atomic mass is 9.88. The number of benzene rings is 3. The lowest BCUT2D eigenvalue weighted by Crippen LogP contribution is -2.35. The quantitative estimate of drug-likeness (QED) is 0.287. The highest BCUT2D eigenvalue weighted by Gasteiger charge is 2.27. The van der Waals surface area contributed by atoms with E-state index in [0.29, 0.717) is 11.1 Å². The van der Waals surface area contributed by atoms with Gasteiger partial charge in [-0.2, -0.15) is 0 Å².